The van der Waals surface area contributed by atoms with Gasteiger partial charge in [-0.3, -0.25) is 14.7 Å². The number of carbonyl (C=O) groups is 1. The predicted molar refractivity (Wildman–Crippen MR) is 84.2 cm³/mol. The summed E-state index contributed by atoms with van der Waals surface area (Å²) in [6.07, 6.45) is 4.00. The van der Waals surface area contributed by atoms with E-state index in [9.17, 15) is 4.79 Å². The fourth-order valence-corrected chi connectivity index (χ4v) is 2.95. The van der Waals surface area contributed by atoms with Gasteiger partial charge in [-0.2, -0.15) is 0 Å². The fraction of sp³-hybridized carbons (Fsp3) is 0.625. The molecule has 1 fully saturated rings. The third-order valence-corrected chi connectivity index (χ3v) is 4.25. The van der Waals surface area contributed by atoms with Gasteiger partial charge in [0.1, 0.15) is 0 Å². The molecular formula is C16H26N4O. The van der Waals surface area contributed by atoms with Crippen molar-refractivity contribution in [3.8, 4) is 0 Å². The lowest BCUT2D eigenvalue weighted by Crippen LogP contribution is -2.53. The van der Waals surface area contributed by atoms with Gasteiger partial charge in [0.25, 0.3) is 5.91 Å². The van der Waals surface area contributed by atoms with E-state index >= 15 is 0 Å². The summed E-state index contributed by atoms with van der Waals surface area (Å²) in [6.45, 7) is 8.13. The van der Waals surface area contributed by atoms with E-state index in [-0.39, 0.29) is 5.91 Å². The van der Waals surface area contributed by atoms with Gasteiger partial charge in [0.15, 0.2) is 0 Å². The van der Waals surface area contributed by atoms with Crippen molar-refractivity contribution in [1.82, 2.24) is 14.8 Å². The summed E-state index contributed by atoms with van der Waals surface area (Å²) in [5.41, 5.74) is 7.38. The molecule has 0 spiro atoms. The highest BCUT2D eigenvalue weighted by Crippen LogP contribution is 2.14. The van der Waals surface area contributed by atoms with Crippen molar-refractivity contribution in [3.05, 3.63) is 29.6 Å². The molecule has 21 heavy (non-hydrogen) atoms. The van der Waals surface area contributed by atoms with Crippen molar-refractivity contribution in [2.45, 2.75) is 32.7 Å². The van der Waals surface area contributed by atoms with Crippen molar-refractivity contribution in [2.24, 2.45) is 5.73 Å². The number of aryl methyl sites for hydroxylation is 1. The maximum absolute atomic E-state index is 12.5. The van der Waals surface area contributed by atoms with Gasteiger partial charge < -0.3 is 10.6 Å². The largest absolute Gasteiger partial charge is 0.336 e. The Kier molecular flexibility index (Phi) is 5.70. The Morgan fingerprint density at radius 3 is 2.67 bits per heavy atom. The zero-order valence-corrected chi connectivity index (χ0v) is 13.1. The topological polar surface area (TPSA) is 62.5 Å². The number of pyridine rings is 1. The fourth-order valence-electron chi connectivity index (χ4n) is 2.95. The standard InChI is InChI=1S/C16H26N4O/c1-3-5-14(12-17)19-8-10-20(11-9-19)16(21)15-6-4-7-18-13(15)2/h4,6-7,14H,3,5,8-12,17H2,1-2H3. The van der Waals surface area contributed by atoms with E-state index in [0.29, 0.717) is 12.6 Å². The lowest BCUT2D eigenvalue weighted by molar-refractivity contribution is 0.0565. The monoisotopic (exact) mass is 290 g/mol. The number of hydrogen-bond donors (Lipinski definition) is 1. The van der Waals surface area contributed by atoms with E-state index in [1.807, 2.05) is 24.0 Å². The maximum atomic E-state index is 12.5. The summed E-state index contributed by atoms with van der Waals surface area (Å²) in [5.74, 6) is 0.0973. The minimum Gasteiger partial charge on any atom is -0.336 e. The molecule has 0 aliphatic carbocycles. The highest BCUT2D eigenvalue weighted by Gasteiger charge is 2.26. The van der Waals surface area contributed by atoms with Gasteiger partial charge in [0.2, 0.25) is 0 Å². The third kappa shape index (κ3) is 3.80. The molecule has 1 saturated heterocycles. The minimum atomic E-state index is 0.0973. The van der Waals surface area contributed by atoms with Crippen LogP contribution in [0.3, 0.4) is 0 Å². The normalized spacial score (nSPS) is 17.8. The van der Waals surface area contributed by atoms with E-state index in [1.165, 1.54) is 0 Å². The lowest BCUT2D eigenvalue weighted by Gasteiger charge is -2.39. The lowest BCUT2D eigenvalue weighted by atomic mass is 10.1. The average molecular weight is 290 g/mol. The second kappa shape index (κ2) is 7.52. The van der Waals surface area contributed by atoms with Crippen LogP contribution in [0.4, 0.5) is 0 Å². The average Bonchev–Trinajstić information content (AvgIpc) is 2.52. The molecule has 1 unspecified atom stereocenters. The number of nitrogens with two attached hydrogens (primary N) is 1. The molecule has 1 aromatic heterocycles. The van der Waals surface area contributed by atoms with E-state index in [2.05, 4.69) is 16.8 Å². The highest BCUT2D eigenvalue weighted by atomic mass is 16.2. The first kappa shape index (κ1) is 15.9. The molecule has 2 rings (SSSR count). The first-order valence-electron chi connectivity index (χ1n) is 7.82. The van der Waals surface area contributed by atoms with Crippen LogP contribution in [0, 0.1) is 6.92 Å². The summed E-state index contributed by atoms with van der Waals surface area (Å²) >= 11 is 0. The Morgan fingerprint density at radius 1 is 1.38 bits per heavy atom. The summed E-state index contributed by atoms with van der Waals surface area (Å²) in [5, 5.41) is 0. The van der Waals surface area contributed by atoms with Crippen molar-refractivity contribution in [3.63, 3.8) is 0 Å². The smallest absolute Gasteiger partial charge is 0.255 e. The van der Waals surface area contributed by atoms with Crippen LogP contribution in [0.2, 0.25) is 0 Å². The summed E-state index contributed by atoms with van der Waals surface area (Å²) < 4.78 is 0. The number of piperazine rings is 1. The predicted octanol–water partition coefficient (Wildman–Crippen LogP) is 1.28. The van der Waals surface area contributed by atoms with Crippen LogP contribution in [0.1, 0.15) is 35.8 Å². The molecule has 5 nitrogen and oxygen atoms in total. The second-order valence-corrected chi connectivity index (χ2v) is 5.64. The van der Waals surface area contributed by atoms with Crippen LogP contribution in [0.25, 0.3) is 0 Å². The number of aromatic nitrogens is 1. The van der Waals surface area contributed by atoms with Gasteiger partial charge in [-0.25, -0.2) is 0 Å². The van der Waals surface area contributed by atoms with E-state index < -0.39 is 0 Å². The molecule has 1 amide bonds. The molecule has 1 aliphatic heterocycles. The summed E-state index contributed by atoms with van der Waals surface area (Å²) in [4.78, 5) is 21.1. The quantitative estimate of drug-likeness (QED) is 0.887. The molecule has 1 aliphatic rings. The molecule has 2 heterocycles. The molecule has 1 aromatic rings. The van der Waals surface area contributed by atoms with Gasteiger partial charge in [0.05, 0.1) is 5.56 Å². The molecular weight excluding hydrogens is 264 g/mol. The van der Waals surface area contributed by atoms with Crippen molar-refractivity contribution < 1.29 is 4.79 Å². The Morgan fingerprint density at radius 2 is 2.10 bits per heavy atom. The number of carbonyl (C=O) groups excluding carboxylic acids is 1. The molecule has 0 bridgehead atoms. The van der Waals surface area contributed by atoms with Crippen LogP contribution in [0.15, 0.2) is 18.3 Å². The second-order valence-electron chi connectivity index (χ2n) is 5.64. The number of rotatable bonds is 5. The Hall–Kier alpha value is -1.46. The number of hydrogen-bond acceptors (Lipinski definition) is 4. The number of amides is 1. The maximum Gasteiger partial charge on any atom is 0.255 e. The van der Waals surface area contributed by atoms with E-state index in [1.54, 1.807) is 6.20 Å². The molecule has 0 saturated carbocycles. The van der Waals surface area contributed by atoms with Gasteiger partial charge >= 0.3 is 0 Å². The SMILES string of the molecule is CCCC(CN)N1CCN(C(=O)c2cccnc2C)CC1. The first-order chi connectivity index (χ1) is 10.2. The van der Waals surface area contributed by atoms with Gasteiger partial charge in [0, 0.05) is 50.7 Å². The van der Waals surface area contributed by atoms with Crippen LogP contribution in [-0.2, 0) is 0 Å². The van der Waals surface area contributed by atoms with Gasteiger partial charge in [-0.05, 0) is 25.5 Å². The molecule has 0 aromatic carbocycles. The van der Waals surface area contributed by atoms with Crippen molar-refractivity contribution in [2.75, 3.05) is 32.7 Å². The highest BCUT2D eigenvalue weighted by molar-refractivity contribution is 5.95. The molecule has 5 heteroatoms. The van der Waals surface area contributed by atoms with Crippen LogP contribution < -0.4 is 5.73 Å². The molecule has 0 radical (unpaired) electrons. The summed E-state index contributed by atoms with van der Waals surface area (Å²) in [6, 6.07) is 4.13. The van der Waals surface area contributed by atoms with E-state index in [0.717, 1.165) is 50.3 Å². The molecule has 2 N–H and O–H groups in total. The van der Waals surface area contributed by atoms with Crippen molar-refractivity contribution in [1.29, 1.82) is 0 Å². The van der Waals surface area contributed by atoms with Gasteiger partial charge in [-0.1, -0.05) is 13.3 Å². The third-order valence-electron chi connectivity index (χ3n) is 4.25. The van der Waals surface area contributed by atoms with Gasteiger partial charge in [-0.15, -0.1) is 0 Å². The Bertz CT molecular complexity index is 469. The summed E-state index contributed by atoms with van der Waals surface area (Å²) in [7, 11) is 0. The number of nitrogens with zero attached hydrogens (tertiary/aromatic N) is 3. The Balaban J connectivity index is 1.95. The molecule has 1 atom stereocenters. The van der Waals surface area contributed by atoms with Crippen LogP contribution >= 0.6 is 0 Å². The first-order valence-corrected chi connectivity index (χ1v) is 7.82. The zero-order valence-electron chi connectivity index (χ0n) is 13.1. The van der Waals surface area contributed by atoms with Crippen molar-refractivity contribution >= 4 is 5.91 Å². The Labute approximate surface area is 127 Å². The van der Waals surface area contributed by atoms with E-state index in [4.69, 9.17) is 5.73 Å². The molecule has 116 valence electrons. The van der Waals surface area contributed by atoms with Crippen LogP contribution in [-0.4, -0.2) is 59.5 Å². The van der Waals surface area contributed by atoms with Crippen LogP contribution in [0.5, 0.6) is 0 Å². The minimum absolute atomic E-state index is 0.0973. The zero-order chi connectivity index (χ0) is 15.2.